The Hall–Kier alpha value is -2.69. The number of rotatable bonds is 4. The molecule has 24 heavy (non-hydrogen) atoms. The number of halogens is 1. The second-order valence-corrected chi connectivity index (χ2v) is 5.94. The quantitative estimate of drug-likeness (QED) is 0.939. The molecule has 2 aromatic carbocycles. The molecule has 2 aromatic rings. The van der Waals surface area contributed by atoms with Crippen LogP contribution in [-0.4, -0.2) is 25.4 Å². The summed E-state index contributed by atoms with van der Waals surface area (Å²) in [5.74, 6) is -0.944. The molecule has 0 aromatic heterocycles. The average molecular weight is 326 g/mol. The summed E-state index contributed by atoms with van der Waals surface area (Å²) in [5, 5.41) is 2.89. The monoisotopic (exact) mass is 326 g/mol. The van der Waals surface area contributed by atoms with Crippen LogP contribution in [0.4, 0.5) is 10.1 Å². The van der Waals surface area contributed by atoms with Crippen molar-refractivity contribution in [2.45, 2.75) is 18.8 Å². The molecule has 0 saturated carbocycles. The van der Waals surface area contributed by atoms with Crippen molar-refractivity contribution in [2.24, 2.45) is 0 Å². The molecule has 0 radical (unpaired) electrons. The van der Waals surface area contributed by atoms with Crippen LogP contribution in [-0.2, 0) is 16.0 Å². The third kappa shape index (κ3) is 3.30. The first kappa shape index (κ1) is 16.2. The van der Waals surface area contributed by atoms with E-state index in [2.05, 4.69) is 5.32 Å². The van der Waals surface area contributed by atoms with Gasteiger partial charge in [-0.3, -0.25) is 9.59 Å². The minimum absolute atomic E-state index is 0.0626. The molecule has 0 aliphatic carbocycles. The van der Waals surface area contributed by atoms with Crippen molar-refractivity contribution in [1.82, 2.24) is 5.32 Å². The molecule has 124 valence electrons. The summed E-state index contributed by atoms with van der Waals surface area (Å²) >= 11 is 0. The van der Waals surface area contributed by atoms with Gasteiger partial charge in [0.1, 0.15) is 5.82 Å². The molecule has 1 atom stereocenters. The number of nitrogens with one attached hydrogen (secondary N) is 1. The van der Waals surface area contributed by atoms with Crippen molar-refractivity contribution < 1.29 is 14.0 Å². The van der Waals surface area contributed by atoms with E-state index in [0.717, 1.165) is 16.8 Å². The average Bonchev–Trinajstić information content (AvgIpc) is 2.60. The van der Waals surface area contributed by atoms with E-state index in [9.17, 15) is 14.0 Å². The number of carbonyl (C=O) groups is 2. The summed E-state index contributed by atoms with van der Waals surface area (Å²) in [6.45, 7) is 0.452. The molecule has 1 N–H and O–H groups in total. The number of hydrogen-bond acceptors (Lipinski definition) is 2. The van der Waals surface area contributed by atoms with Crippen LogP contribution in [0.2, 0.25) is 0 Å². The van der Waals surface area contributed by atoms with Crippen LogP contribution in [0.5, 0.6) is 0 Å². The van der Waals surface area contributed by atoms with Crippen molar-refractivity contribution in [3.63, 3.8) is 0 Å². The molecular weight excluding hydrogens is 307 g/mol. The van der Waals surface area contributed by atoms with E-state index in [4.69, 9.17) is 0 Å². The molecule has 5 heteroatoms. The van der Waals surface area contributed by atoms with Gasteiger partial charge in [0.25, 0.3) is 0 Å². The molecule has 1 aliphatic heterocycles. The van der Waals surface area contributed by atoms with Crippen molar-refractivity contribution in [1.29, 1.82) is 0 Å². The fraction of sp³-hybridized carbons (Fsp3) is 0.263. The van der Waals surface area contributed by atoms with Crippen LogP contribution in [0.25, 0.3) is 0 Å². The topological polar surface area (TPSA) is 49.4 Å². The summed E-state index contributed by atoms with van der Waals surface area (Å²) in [6.07, 6.45) is 0.796. The minimum atomic E-state index is -0.460. The standard InChI is InChI=1S/C19H19FN2O2/c1-22-17-5-3-2-4-15(17)16(12-18(22)23)19(24)21-11-10-13-6-8-14(20)9-7-13/h2-9,16H,10-12H2,1H3,(H,21,24). The third-order valence-corrected chi connectivity index (χ3v) is 4.37. The first-order chi connectivity index (χ1) is 11.6. The van der Waals surface area contributed by atoms with Gasteiger partial charge in [-0.15, -0.1) is 0 Å². The number of carbonyl (C=O) groups excluding carboxylic acids is 2. The Balaban J connectivity index is 1.65. The van der Waals surface area contributed by atoms with Crippen LogP contribution < -0.4 is 10.2 Å². The number of anilines is 1. The van der Waals surface area contributed by atoms with E-state index in [-0.39, 0.29) is 24.1 Å². The molecule has 1 heterocycles. The zero-order valence-electron chi connectivity index (χ0n) is 13.5. The Morgan fingerprint density at radius 3 is 2.67 bits per heavy atom. The largest absolute Gasteiger partial charge is 0.355 e. The Bertz CT molecular complexity index is 758. The van der Waals surface area contributed by atoms with E-state index in [1.807, 2.05) is 24.3 Å². The first-order valence-electron chi connectivity index (χ1n) is 7.94. The van der Waals surface area contributed by atoms with Gasteiger partial charge in [0.2, 0.25) is 11.8 Å². The maximum Gasteiger partial charge on any atom is 0.228 e. The fourth-order valence-corrected chi connectivity index (χ4v) is 2.98. The SMILES string of the molecule is CN1C(=O)CC(C(=O)NCCc2ccc(F)cc2)c2ccccc21. The molecule has 0 spiro atoms. The summed E-state index contributed by atoms with van der Waals surface area (Å²) < 4.78 is 12.9. The smallest absolute Gasteiger partial charge is 0.228 e. The van der Waals surface area contributed by atoms with Crippen molar-refractivity contribution >= 4 is 17.5 Å². The van der Waals surface area contributed by atoms with Crippen molar-refractivity contribution in [3.8, 4) is 0 Å². The number of nitrogens with zero attached hydrogens (tertiary/aromatic N) is 1. The highest BCUT2D eigenvalue weighted by molar-refractivity contribution is 6.02. The Morgan fingerprint density at radius 1 is 1.21 bits per heavy atom. The highest BCUT2D eigenvalue weighted by atomic mass is 19.1. The van der Waals surface area contributed by atoms with Gasteiger partial charge in [-0.05, 0) is 35.7 Å². The maximum absolute atomic E-state index is 12.9. The number of benzene rings is 2. The highest BCUT2D eigenvalue weighted by Crippen LogP contribution is 2.35. The van der Waals surface area contributed by atoms with Crippen LogP contribution in [0.15, 0.2) is 48.5 Å². The van der Waals surface area contributed by atoms with E-state index in [1.54, 1.807) is 24.1 Å². The first-order valence-corrected chi connectivity index (χ1v) is 7.94. The normalized spacial score (nSPS) is 16.7. The lowest BCUT2D eigenvalue weighted by Gasteiger charge is -2.30. The summed E-state index contributed by atoms with van der Waals surface area (Å²) in [6, 6.07) is 13.7. The predicted molar refractivity (Wildman–Crippen MR) is 90.3 cm³/mol. The van der Waals surface area contributed by atoms with Gasteiger partial charge in [0.15, 0.2) is 0 Å². The highest BCUT2D eigenvalue weighted by Gasteiger charge is 2.33. The number of hydrogen-bond donors (Lipinski definition) is 1. The number of para-hydroxylation sites is 1. The van der Waals surface area contributed by atoms with E-state index in [1.165, 1.54) is 12.1 Å². The zero-order valence-corrected chi connectivity index (χ0v) is 13.5. The molecule has 0 bridgehead atoms. The van der Waals surface area contributed by atoms with E-state index >= 15 is 0 Å². The molecule has 4 nitrogen and oxygen atoms in total. The van der Waals surface area contributed by atoms with Gasteiger partial charge in [0.05, 0.1) is 5.92 Å². The lowest BCUT2D eigenvalue weighted by Crippen LogP contribution is -2.39. The molecular formula is C19H19FN2O2. The summed E-state index contributed by atoms with van der Waals surface area (Å²) in [5.41, 5.74) is 2.61. The second-order valence-electron chi connectivity index (χ2n) is 5.94. The van der Waals surface area contributed by atoms with Crippen molar-refractivity contribution in [2.75, 3.05) is 18.5 Å². The van der Waals surface area contributed by atoms with Gasteiger partial charge in [-0.2, -0.15) is 0 Å². The van der Waals surface area contributed by atoms with E-state index < -0.39 is 5.92 Å². The number of amides is 2. The summed E-state index contributed by atoms with van der Waals surface area (Å²) in [7, 11) is 1.73. The van der Waals surface area contributed by atoms with Gasteiger partial charge >= 0.3 is 0 Å². The van der Waals surface area contributed by atoms with Gasteiger partial charge in [0, 0.05) is 25.7 Å². The van der Waals surface area contributed by atoms with Gasteiger partial charge in [-0.25, -0.2) is 4.39 Å². The molecule has 0 saturated heterocycles. The Kier molecular flexibility index (Phi) is 4.60. The van der Waals surface area contributed by atoms with Crippen molar-refractivity contribution in [3.05, 3.63) is 65.5 Å². The molecule has 1 unspecified atom stereocenters. The zero-order chi connectivity index (χ0) is 17.1. The Labute approximate surface area is 140 Å². The van der Waals surface area contributed by atoms with Crippen LogP contribution >= 0.6 is 0 Å². The number of fused-ring (bicyclic) bond motifs is 1. The predicted octanol–water partition coefficient (Wildman–Crippen LogP) is 2.63. The minimum Gasteiger partial charge on any atom is -0.355 e. The fourth-order valence-electron chi connectivity index (χ4n) is 2.98. The molecule has 2 amide bonds. The van der Waals surface area contributed by atoms with Gasteiger partial charge < -0.3 is 10.2 Å². The second kappa shape index (κ2) is 6.83. The van der Waals surface area contributed by atoms with Crippen LogP contribution in [0.1, 0.15) is 23.5 Å². The molecule has 0 fully saturated rings. The summed E-state index contributed by atoms with van der Waals surface area (Å²) in [4.78, 5) is 26.2. The van der Waals surface area contributed by atoms with Crippen LogP contribution in [0.3, 0.4) is 0 Å². The lowest BCUT2D eigenvalue weighted by atomic mass is 9.89. The maximum atomic E-state index is 12.9. The van der Waals surface area contributed by atoms with Gasteiger partial charge in [-0.1, -0.05) is 30.3 Å². The third-order valence-electron chi connectivity index (χ3n) is 4.37. The van der Waals surface area contributed by atoms with Crippen LogP contribution in [0, 0.1) is 5.82 Å². The molecule has 1 aliphatic rings. The molecule has 3 rings (SSSR count). The Morgan fingerprint density at radius 2 is 1.92 bits per heavy atom. The van der Waals surface area contributed by atoms with E-state index in [0.29, 0.717) is 13.0 Å². The lowest BCUT2D eigenvalue weighted by molar-refractivity contribution is -0.127.